The van der Waals surface area contributed by atoms with Crippen LogP contribution in [0.25, 0.3) is 21.9 Å². The number of benzene rings is 3. The summed E-state index contributed by atoms with van der Waals surface area (Å²) in [5.41, 5.74) is 1.37. The van der Waals surface area contributed by atoms with Gasteiger partial charge in [-0.05, 0) is 28.5 Å². The lowest BCUT2D eigenvalue weighted by Crippen LogP contribution is -2.17. The Morgan fingerprint density at radius 1 is 0.870 bits per heavy atom. The summed E-state index contributed by atoms with van der Waals surface area (Å²) in [6.45, 7) is 0. The molecular formula is C19H13F2NO. The Labute approximate surface area is 131 Å². The fraction of sp³-hybridized carbons (Fsp3) is 0.105. The van der Waals surface area contributed by atoms with E-state index in [-0.39, 0.29) is 0 Å². The Bertz CT molecular complexity index is 958. The molecule has 0 saturated carbocycles. The highest BCUT2D eigenvalue weighted by atomic mass is 19.3. The van der Waals surface area contributed by atoms with Crippen LogP contribution in [0, 0.1) is 0 Å². The molecule has 0 aliphatic heterocycles. The molecule has 23 heavy (non-hydrogen) atoms. The molecular weight excluding hydrogens is 296 g/mol. The summed E-state index contributed by atoms with van der Waals surface area (Å²) >= 11 is 0. The zero-order valence-corrected chi connectivity index (χ0v) is 12.2. The predicted molar refractivity (Wildman–Crippen MR) is 85.6 cm³/mol. The smallest absolute Gasteiger partial charge is 0.326 e. The molecule has 114 valence electrons. The van der Waals surface area contributed by atoms with Crippen molar-refractivity contribution in [3.63, 3.8) is 0 Å². The number of rotatable bonds is 3. The second kappa shape index (κ2) is 5.16. The molecule has 1 heterocycles. The van der Waals surface area contributed by atoms with Gasteiger partial charge in [-0.25, -0.2) is 4.98 Å². The molecule has 1 aromatic heterocycles. The lowest BCUT2D eigenvalue weighted by molar-refractivity contribution is -0.0292. The van der Waals surface area contributed by atoms with E-state index in [2.05, 4.69) is 4.98 Å². The van der Waals surface area contributed by atoms with Crippen LogP contribution in [0.15, 0.2) is 71.1 Å². The summed E-state index contributed by atoms with van der Waals surface area (Å²) in [5, 5.41) is 1.97. The molecule has 4 rings (SSSR count). The molecule has 0 fully saturated rings. The highest BCUT2D eigenvalue weighted by Crippen LogP contribution is 2.34. The number of oxazole rings is 1. The van der Waals surface area contributed by atoms with Gasteiger partial charge < -0.3 is 4.42 Å². The number of para-hydroxylation sites is 2. The Balaban J connectivity index is 1.69. The molecule has 3 aromatic carbocycles. The van der Waals surface area contributed by atoms with Crippen LogP contribution in [-0.4, -0.2) is 4.98 Å². The maximum Gasteiger partial charge on any atom is 0.326 e. The normalized spacial score (nSPS) is 12.1. The first-order valence-corrected chi connectivity index (χ1v) is 7.33. The molecule has 0 bridgehead atoms. The molecule has 0 unspecified atom stereocenters. The van der Waals surface area contributed by atoms with Crippen LogP contribution in [0.4, 0.5) is 8.78 Å². The molecule has 0 aliphatic rings. The van der Waals surface area contributed by atoms with E-state index in [1.54, 1.807) is 36.4 Å². The molecule has 2 nitrogen and oxygen atoms in total. The molecule has 0 N–H and O–H groups in total. The summed E-state index contributed by atoms with van der Waals surface area (Å²) in [6.07, 6.45) is -0.440. The van der Waals surface area contributed by atoms with Crippen molar-refractivity contribution < 1.29 is 13.2 Å². The van der Waals surface area contributed by atoms with Crippen molar-refractivity contribution in [3.8, 4) is 0 Å². The van der Waals surface area contributed by atoms with Gasteiger partial charge in [-0.2, -0.15) is 8.78 Å². The maximum absolute atomic E-state index is 14.5. The Morgan fingerprint density at radius 3 is 2.43 bits per heavy atom. The third-order valence-electron chi connectivity index (χ3n) is 3.85. The Kier molecular flexibility index (Phi) is 3.11. The van der Waals surface area contributed by atoms with Crippen LogP contribution in [-0.2, 0) is 12.3 Å². The second-order valence-electron chi connectivity index (χ2n) is 5.55. The average Bonchev–Trinajstić information content (AvgIpc) is 2.99. The lowest BCUT2D eigenvalue weighted by atomic mass is 10.0. The zero-order chi connectivity index (χ0) is 15.9. The predicted octanol–water partition coefficient (Wildman–Crippen LogP) is 5.32. The summed E-state index contributed by atoms with van der Waals surface area (Å²) in [6, 6.07) is 19.8. The van der Waals surface area contributed by atoms with Crippen molar-refractivity contribution in [1.82, 2.24) is 4.98 Å². The van der Waals surface area contributed by atoms with Gasteiger partial charge in [0.25, 0.3) is 5.89 Å². The van der Waals surface area contributed by atoms with Gasteiger partial charge in [0.15, 0.2) is 5.58 Å². The van der Waals surface area contributed by atoms with Crippen molar-refractivity contribution in [3.05, 3.63) is 78.2 Å². The SMILES string of the molecule is FC(F)(Cc1ccc2ccccc2c1)c1nc2ccccc2o1. The van der Waals surface area contributed by atoms with E-state index in [0.29, 0.717) is 16.7 Å². The van der Waals surface area contributed by atoms with Gasteiger partial charge >= 0.3 is 5.92 Å². The minimum Gasteiger partial charge on any atom is -0.435 e. The fourth-order valence-corrected chi connectivity index (χ4v) is 2.71. The first-order chi connectivity index (χ1) is 11.1. The topological polar surface area (TPSA) is 26.0 Å². The quantitative estimate of drug-likeness (QED) is 0.512. The van der Waals surface area contributed by atoms with Gasteiger partial charge in [0, 0.05) is 6.42 Å². The molecule has 0 aliphatic carbocycles. The largest absolute Gasteiger partial charge is 0.435 e. The van der Waals surface area contributed by atoms with Crippen LogP contribution in [0.1, 0.15) is 11.5 Å². The summed E-state index contributed by atoms with van der Waals surface area (Å²) < 4.78 is 34.3. The number of halogens is 2. The lowest BCUT2D eigenvalue weighted by Gasteiger charge is -2.12. The second-order valence-corrected chi connectivity index (χ2v) is 5.55. The van der Waals surface area contributed by atoms with Crippen molar-refractivity contribution in [2.45, 2.75) is 12.3 Å². The third kappa shape index (κ3) is 2.57. The monoisotopic (exact) mass is 309 g/mol. The van der Waals surface area contributed by atoms with Gasteiger partial charge in [0.1, 0.15) is 5.52 Å². The summed E-state index contributed by atoms with van der Waals surface area (Å²) in [7, 11) is 0. The van der Waals surface area contributed by atoms with E-state index in [4.69, 9.17) is 4.42 Å². The first-order valence-electron chi connectivity index (χ1n) is 7.33. The van der Waals surface area contributed by atoms with Crippen LogP contribution in [0.2, 0.25) is 0 Å². The highest BCUT2D eigenvalue weighted by molar-refractivity contribution is 5.83. The number of aromatic nitrogens is 1. The third-order valence-corrected chi connectivity index (χ3v) is 3.85. The van der Waals surface area contributed by atoms with Crippen molar-refractivity contribution in [2.75, 3.05) is 0 Å². The Hall–Kier alpha value is -2.75. The van der Waals surface area contributed by atoms with Crippen LogP contribution >= 0.6 is 0 Å². The minimum absolute atomic E-state index is 0.376. The van der Waals surface area contributed by atoms with Gasteiger partial charge in [0.2, 0.25) is 0 Å². The number of nitrogens with zero attached hydrogens (tertiary/aromatic N) is 1. The van der Waals surface area contributed by atoms with E-state index in [0.717, 1.165) is 10.8 Å². The van der Waals surface area contributed by atoms with Crippen molar-refractivity contribution >= 4 is 21.9 Å². The number of alkyl halides is 2. The summed E-state index contributed by atoms with van der Waals surface area (Å²) in [5.74, 6) is -3.69. The Morgan fingerprint density at radius 2 is 1.61 bits per heavy atom. The number of hydrogen-bond acceptors (Lipinski definition) is 2. The number of hydrogen-bond donors (Lipinski definition) is 0. The van der Waals surface area contributed by atoms with Crippen LogP contribution in [0.3, 0.4) is 0 Å². The van der Waals surface area contributed by atoms with E-state index in [1.165, 1.54) is 0 Å². The molecule has 4 heteroatoms. The van der Waals surface area contributed by atoms with E-state index in [9.17, 15) is 8.78 Å². The zero-order valence-electron chi connectivity index (χ0n) is 12.2. The molecule has 0 atom stereocenters. The van der Waals surface area contributed by atoms with E-state index in [1.807, 2.05) is 30.3 Å². The molecule has 0 radical (unpaired) electrons. The van der Waals surface area contributed by atoms with Gasteiger partial charge in [0.05, 0.1) is 0 Å². The van der Waals surface area contributed by atoms with Crippen molar-refractivity contribution in [1.29, 1.82) is 0 Å². The van der Waals surface area contributed by atoms with Crippen LogP contribution in [0.5, 0.6) is 0 Å². The first kappa shape index (κ1) is 13.9. The molecule has 4 aromatic rings. The maximum atomic E-state index is 14.5. The van der Waals surface area contributed by atoms with E-state index < -0.39 is 18.2 Å². The molecule has 0 spiro atoms. The average molecular weight is 309 g/mol. The van der Waals surface area contributed by atoms with Crippen molar-refractivity contribution in [2.24, 2.45) is 0 Å². The standard InChI is InChI=1S/C19H13F2NO/c20-19(21,18-22-16-7-3-4-8-17(16)23-18)12-13-9-10-14-5-1-2-6-15(14)11-13/h1-11H,12H2. The van der Waals surface area contributed by atoms with E-state index >= 15 is 0 Å². The van der Waals surface area contributed by atoms with Crippen LogP contribution < -0.4 is 0 Å². The van der Waals surface area contributed by atoms with Gasteiger partial charge in [-0.15, -0.1) is 0 Å². The molecule has 0 amide bonds. The minimum atomic E-state index is -3.15. The fourth-order valence-electron chi connectivity index (χ4n) is 2.71. The highest BCUT2D eigenvalue weighted by Gasteiger charge is 2.37. The van der Waals surface area contributed by atoms with Gasteiger partial charge in [-0.3, -0.25) is 0 Å². The number of fused-ring (bicyclic) bond motifs is 2. The molecule has 0 saturated heterocycles. The van der Waals surface area contributed by atoms with Gasteiger partial charge in [-0.1, -0.05) is 54.6 Å². The summed E-state index contributed by atoms with van der Waals surface area (Å²) in [4.78, 5) is 3.93.